The van der Waals surface area contributed by atoms with Crippen LogP contribution in [0.3, 0.4) is 0 Å². The third-order valence-corrected chi connectivity index (χ3v) is 19.8. The minimum absolute atomic E-state index is 0.151. The van der Waals surface area contributed by atoms with Gasteiger partial charge >= 0.3 is 0 Å². The Balaban J connectivity index is 0.000000167. The molecule has 4 aromatic heterocycles. The summed E-state index contributed by atoms with van der Waals surface area (Å²) in [4.78, 5) is 0. The van der Waals surface area contributed by atoms with Crippen molar-refractivity contribution >= 4 is 0 Å². The van der Waals surface area contributed by atoms with Gasteiger partial charge in [-0.2, -0.15) is 0 Å². The molecule has 4 heterocycles. The van der Waals surface area contributed by atoms with Crippen molar-refractivity contribution in [3.63, 3.8) is 0 Å². The number of hydrogen-bond acceptors (Lipinski definition) is 0. The van der Waals surface area contributed by atoms with Crippen LogP contribution in [0.4, 0.5) is 0 Å². The van der Waals surface area contributed by atoms with Gasteiger partial charge in [-0.05, 0) is 255 Å². The molecule has 0 spiro atoms. The first kappa shape index (κ1) is 58.7. The molecule has 0 saturated heterocycles. The highest BCUT2D eigenvalue weighted by Gasteiger charge is 2.27. The van der Waals surface area contributed by atoms with Crippen LogP contribution in [-0.2, 0) is 40.9 Å². The van der Waals surface area contributed by atoms with Crippen molar-refractivity contribution in [3.8, 4) is 89.5 Å². The molecular formula is C100H118N4+4. The van der Waals surface area contributed by atoms with Gasteiger partial charge < -0.3 is 0 Å². The lowest BCUT2D eigenvalue weighted by atomic mass is 9.86. The molecule has 104 heavy (non-hydrogen) atoms. The number of nitrogens with zero attached hydrogens (tertiary/aromatic N) is 4. The van der Waals surface area contributed by atoms with E-state index in [0.29, 0.717) is 38.9 Å². The average Bonchev–Trinajstić information content (AvgIpc) is 1.35. The standard InChI is InChI=1S/C26H32N.C25H28N.C25H30N.C24H28N/c1-18-14-25(27(7)17-22(18)16-26(4,5)6)24-15-23(19(2)13-20(24)3)21-11-9-8-10-12-21;1-18-13-14-22(20-9-5-4-6-10-20)16-23(18)25-15-19(2)24(17-26(25)3)21-11-7-8-12-21;1-17(2)12-22-16-26(6)25(14-18(22)3)24-15-23(19(4)13-20(24)5)21-10-8-7-9-11-21;1-16(2)23-15-25(6)24(13-19(23)5)22-14-21(17(3)12-18(22)4)20-10-8-7-9-11-20/h8-15,17H,16H2,1-7H3;4-6,9-10,13-17,21H,7-8,11-12H2,1-3H3;7-11,13-17H,12H2,1-6H3;7-16H,1-6H3/q4*+1/i2D3,16D2;21D;4D3,12D2;3D3,16D. The number of hydrogen-bond donors (Lipinski definition) is 0. The molecule has 4 nitrogen and oxygen atoms in total. The van der Waals surface area contributed by atoms with E-state index in [1.165, 1.54) is 51.9 Å². The summed E-state index contributed by atoms with van der Waals surface area (Å²) in [5.74, 6) is -1.24. The smallest absolute Gasteiger partial charge is 0.201 e. The molecule has 8 aromatic carbocycles. The number of pyridine rings is 4. The van der Waals surface area contributed by atoms with Gasteiger partial charge in [0, 0.05) is 89.3 Å². The van der Waals surface area contributed by atoms with E-state index in [2.05, 4.69) is 92.3 Å². The topological polar surface area (TPSA) is 15.5 Å². The predicted octanol–water partition coefficient (Wildman–Crippen LogP) is 24.3. The first-order valence-electron chi connectivity index (χ1n) is 44.2. The zero-order valence-electron chi connectivity index (χ0n) is 80.1. The van der Waals surface area contributed by atoms with Gasteiger partial charge in [0.25, 0.3) is 0 Å². The molecule has 0 aliphatic heterocycles. The Morgan fingerprint density at radius 3 is 1.14 bits per heavy atom. The Labute approximate surface area is 648 Å². The van der Waals surface area contributed by atoms with Crippen molar-refractivity contribution < 1.29 is 38.8 Å². The fourth-order valence-electron chi connectivity index (χ4n) is 14.3. The summed E-state index contributed by atoms with van der Waals surface area (Å²) in [6.45, 7) is 22.7. The van der Waals surface area contributed by atoms with Gasteiger partial charge in [0.1, 0.15) is 28.2 Å². The Morgan fingerprint density at radius 2 is 0.740 bits per heavy atom. The van der Waals surface area contributed by atoms with E-state index < -0.39 is 50.5 Å². The second-order valence-electron chi connectivity index (χ2n) is 30.1. The highest BCUT2D eigenvalue weighted by Crippen LogP contribution is 2.39. The molecule has 0 unspecified atom stereocenters. The molecule has 0 N–H and O–H groups in total. The highest BCUT2D eigenvalue weighted by atomic mass is 14.9. The summed E-state index contributed by atoms with van der Waals surface area (Å²) in [5, 5.41) is 0. The lowest BCUT2D eigenvalue weighted by Gasteiger charge is -2.19. The van der Waals surface area contributed by atoms with Gasteiger partial charge in [-0.15, -0.1) is 0 Å². The van der Waals surface area contributed by atoms with E-state index in [0.717, 1.165) is 108 Å². The van der Waals surface area contributed by atoms with Crippen LogP contribution in [0.15, 0.2) is 225 Å². The SMILES string of the molecule is [2H]C([2H])([2H])c1cc(C)c(-c2cc(C)c(C([2H])(C)C)c[n+]2C)cc1-c1ccccc1.[2H]C([2H])([2H])c1cc(C)c(-c2cc(C)c(C([2H])([2H])C(C)(C)C)c[n+]2C)cc1-c1ccccc1.[2H]C([2H])([2H])c1cc(C)c(-c2cc(C)c(C([2H])([2H])C(C)C)c[n+]2C)cc1-c1ccccc1.[2H]C1(c2c[n+](C)c(-c3cc(-c4ccccc4)ccc3C)cc2C)CCCC1. The molecule has 13 rings (SSSR count). The monoisotopic (exact) mass is 1390 g/mol. The molecule has 0 atom stereocenters. The van der Waals surface area contributed by atoms with E-state index in [1.54, 1.807) is 18.2 Å². The Bertz CT molecular complexity index is 5650. The van der Waals surface area contributed by atoms with Gasteiger partial charge in [-0.3, -0.25) is 0 Å². The zero-order chi connectivity index (χ0) is 87.8. The van der Waals surface area contributed by atoms with Crippen LogP contribution in [0.1, 0.15) is 190 Å². The maximum Gasteiger partial charge on any atom is 0.212 e. The van der Waals surface area contributed by atoms with Gasteiger partial charge in [0.05, 0.1) is 0 Å². The number of aromatic nitrogens is 4. The van der Waals surface area contributed by atoms with Crippen LogP contribution in [0, 0.1) is 87.3 Å². The van der Waals surface area contributed by atoms with Crippen LogP contribution in [-0.4, -0.2) is 0 Å². The lowest BCUT2D eigenvalue weighted by molar-refractivity contribution is -0.661. The molecule has 1 fully saturated rings. The van der Waals surface area contributed by atoms with Crippen molar-refractivity contribution in [2.24, 2.45) is 39.5 Å². The third kappa shape index (κ3) is 18.6. The molecule has 534 valence electrons. The molecule has 1 aliphatic rings. The second kappa shape index (κ2) is 33.9. The summed E-state index contributed by atoms with van der Waals surface area (Å²) in [5.41, 5.74) is 27.4. The number of rotatable bonds is 13. The molecular weight excluding hydrogens is 1260 g/mol. The Kier molecular flexibility index (Phi) is 19.1. The second-order valence-corrected chi connectivity index (χ2v) is 30.1. The van der Waals surface area contributed by atoms with E-state index in [1.807, 2.05) is 265 Å². The average molecular weight is 1390 g/mol. The molecule has 0 amide bonds. The normalized spacial score (nSPS) is 15.4. The summed E-state index contributed by atoms with van der Waals surface area (Å²) in [6, 6.07) is 65.7. The molecule has 12 aromatic rings. The minimum Gasteiger partial charge on any atom is -0.201 e. The molecule has 4 heteroatoms. The predicted molar refractivity (Wildman–Crippen MR) is 443 cm³/mol. The molecule has 0 bridgehead atoms. The largest absolute Gasteiger partial charge is 0.212 e. The molecule has 0 radical (unpaired) electrons. The maximum absolute atomic E-state index is 8.91. The van der Waals surface area contributed by atoms with Crippen LogP contribution in [0.5, 0.6) is 0 Å². The first-order valence-corrected chi connectivity index (χ1v) is 36.7. The zero-order valence-corrected chi connectivity index (χ0v) is 65.1. The van der Waals surface area contributed by atoms with Crippen LogP contribution in [0.25, 0.3) is 89.5 Å². The molecule has 1 saturated carbocycles. The van der Waals surface area contributed by atoms with Crippen LogP contribution >= 0.6 is 0 Å². The minimum atomic E-state index is -2.22. The fourth-order valence-corrected chi connectivity index (χ4v) is 14.3. The number of benzene rings is 8. The quantitative estimate of drug-likeness (QED) is 0.102. The highest BCUT2D eigenvalue weighted by molar-refractivity contribution is 5.79. The summed E-state index contributed by atoms with van der Waals surface area (Å²) in [6.07, 6.45) is 9.33. The Morgan fingerprint density at radius 1 is 0.375 bits per heavy atom. The van der Waals surface area contributed by atoms with E-state index in [-0.39, 0.29) is 5.92 Å². The van der Waals surface area contributed by atoms with Crippen molar-refractivity contribution in [1.29, 1.82) is 0 Å². The molecule has 1 aliphatic carbocycles. The summed E-state index contributed by atoms with van der Waals surface area (Å²) >= 11 is 0. The third-order valence-electron chi connectivity index (χ3n) is 19.8. The van der Waals surface area contributed by atoms with Gasteiger partial charge in [-0.25, -0.2) is 18.3 Å². The first-order chi connectivity index (χ1) is 55.3. The van der Waals surface area contributed by atoms with Crippen molar-refractivity contribution in [2.45, 2.75) is 175 Å². The number of aryl methyl sites for hydroxylation is 15. The summed E-state index contributed by atoms with van der Waals surface area (Å²) in [7, 11) is 7.92. The van der Waals surface area contributed by atoms with Gasteiger partial charge in [-0.1, -0.05) is 213 Å². The van der Waals surface area contributed by atoms with Crippen molar-refractivity contribution in [2.75, 3.05) is 0 Å². The van der Waals surface area contributed by atoms with Crippen molar-refractivity contribution in [3.05, 3.63) is 308 Å². The Hall–Kier alpha value is -9.64. The maximum atomic E-state index is 8.91. The van der Waals surface area contributed by atoms with Gasteiger partial charge in [0.2, 0.25) is 22.8 Å². The van der Waals surface area contributed by atoms with E-state index in [9.17, 15) is 0 Å². The van der Waals surface area contributed by atoms with Gasteiger partial charge in [0.15, 0.2) is 24.8 Å². The van der Waals surface area contributed by atoms with E-state index in [4.69, 9.17) is 20.6 Å². The fraction of sp³-hybridized carbons (Fsp3) is 0.320. The van der Waals surface area contributed by atoms with Crippen LogP contribution < -0.4 is 18.3 Å². The lowest BCUT2D eigenvalue weighted by Crippen LogP contribution is -2.32. The van der Waals surface area contributed by atoms with Crippen molar-refractivity contribution in [1.82, 2.24) is 0 Å². The van der Waals surface area contributed by atoms with E-state index >= 15 is 0 Å². The van der Waals surface area contributed by atoms with Crippen LogP contribution in [0.2, 0.25) is 0 Å². The summed E-state index contributed by atoms with van der Waals surface area (Å²) < 4.78 is 132.